The number of morpholine rings is 1. The van der Waals surface area contributed by atoms with Crippen LogP contribution in [0.1, 0.15) is 34.6 Å². The maximum Gasteiger partial charge on any atom is 0.245 e. The van der Waals surface area contributed by atoms with Gasteiger partial charge >= 0.3 is 0 Å². The molecule has 0 aromatic heterocycles. The van der Waals surface area contributed by atoms with Crippen LogP contribution < -0.4 is 10.6 Å². The first kappa shape index (κ1) is 16.9. The second kappa shape index (κ2) is 7.04. The van der Waals surface area contributed by atoms with Gasteiger partial charge in [-0.3, -0.25) is 9.59 Å². The number of nitrogens with one attached hydrogen (secondary N) is 2. The lowest BCUT2D eigenvalue weighted by molar-refractivity contribution is -0.148. The highest BCUT2D eigenvalue weighted by atomic mass is 16.5. The Balaban J connectivity index is 2.63. The Morgan fingerprint density at radius 1 is 1.35 bits per heavy atom. The molecule has 0 aromatic carbocycles. The number of carbonyl (C=O) groups is 2. The molecule has 1 unspecified atom stereocenters. The molecule has 1 aliphatic heterocycles. The summed E-state index contributed by atoms with van der Waals surface area (Å²) in [5.74, 6) is -0.212. The molecule has 6 nitrogen and oxygen atoms in total. The Kier molecular flexibility index (Phi) is 5.95. The van der Waals surface area contributed by atoms with Crippen molar-refractivity contribution in [3.63, 3.8) is 0 Å². The topological polar surface area (TPSA) is 70.7 Å². The SMILES string of the molecule is CC(C)NC(=O)C1COCCN1C(=O)CNC(C)(C)C. The van der Waals surface area contributed by atoms with Crippen molar-refractivity contribution in [2.45, 2.75) is 52.2 Å². The van der Waals surface area contributed by atoms with Gasteiger partial charge in [0.2, 0.25) is 11.8 Å². The van der Waals surface area contributed by atoms with E-state index in [4.69, 9.17) is 4.74 Å². The average molecular weight is 285 g/mol. The molecule has 1 aliphatic rings. The molecule has 116 valence electrons. The summed E-state index contributed by atoms with van der Waals surface area (Å²) in [4.78, 5) is 26.0. The van der Waals surface area contributed by atoms with Gasteiger partial charge in [0.25, 0.3) is 0 Å². The van der Waals surface area contributed by atoms with Crippen LogP contribution >= 0.6 is 0 Å². The fourth-order valence-corrected chi connectivity index (χ4v) is 1.94. The lowest BCUT2D eigenvalue weighted by Crippen LogP contribution is -2.58. The summed E-state index contributed by atoms with van der Waals surface area (Å²) in [7, 11) is 0. The molecule has 0 radical (unpaired) electrons. The van der Waals surface area contributed by atoms with E-state index in [9.17, 15) is 9.59 Å². The van der Waals surface area contributed by atoms with Crippen LogP contribution in [0.25, 0.3) is 0 Å². The highest BCUT2D eigenvalue weighted by molar-refractivity contribution is 5.88. The van der Waals surface area contributed by atoms with E-state index < -0.39 is 6.04 Å². The van der Waals surface area contributed by atoms with Crippen molar-refractivity contribution >= 4 is 11.8 Å². The molecule has 0 bridgehead atoms. The lowest BCUT2D eigenvalue weighted by Gasteiger charge is -2.35. The highest BCUT2D eigenvalue weighted by Gasteiger charge is 2.33. The first-order valence-corrected chi connectivity index (χ1v) is 7.13. The van der Waals surface area contributed by atoms with Gasteiger partial charge in [0.15, 0.2) is 0 Å². The fraction of sp³-hybridized carbons (Fsp3) is 0.857. The zero-order valence-corrected chi connectivity index (χ0v) is 13.2. The smallest absolute Gasteiger partial charge is 0.245 e. The van der Waals surface area contributed by atoms with Crippen molar-refractivity contribution in [1.29, 1.82) is 0 Å². The van der Waals surface area contributed by atoms with Gasteiger partial charge in [-0.25, -0.2) is 0 Å². The molecular formula is C14H27N3O3. The first-order valence-electron chi connectivity index (χ1n) is 7.13. The van der Waals surface area contributed by atoms with Gasteiger partial charge in [0.05, 0.1) is 19.8 Å². The zero-order valence-electron chi connectivity index (χ0n) is 13.2. The molecule has 0 aliphatic carbocycles. The molecule has 2 N–H and O–H groups in total. The van der Waals surface area contributed by atoms with E-state index in [-0.39, 0.29) is 36.5 Å². The molecule has 1 heterocycles. The van der Waals surface area contributed by atoms with Crippen molar-refractivity contribution in [2.75, 3.05) is 26.3 Å². The second-order valence-corrected chi connectivity index (χ2v) is 6.44. The molecule has 1 atom stereocenters. The Bertz CT molecular complexity index is 350. The summed E-state index contributed by atoms with van der Waals surface area (Å²) >= 11 is 0. The Labute approximate surface area is 121 Å². The molecule has 0 saturated carbocycles. The first-order chi connectivity index (χ1) is 9.20. The molecule has 1 saturated heterocycles. The number of hydrogen-bond donors (Lipinski definition) is 2. The van der Waals surface area contributed by atoms with Crippen LogP contribution in [0.15, 0.2) is 0 Å². The van der Waals surface area contributed by atoms with Crippen LogP contribution in [0.4, 0.5) is 0 Å². The molecular weight excluding hydrogens is 258 g/mol. The van der Waals surface area contributed by atoms with Crippen molar-refractivity contribution in [1.82, 2.24) is 15.5 Å². The van der Waals surface area contributed by atoms with Crippen LogP contribution in [-0.2, 0) is 14.3 Å². The van der Waals surface area contributed by atoms with Crippen LogP contribution in [-0.4, -0.2) is 60.6 Å². The maximum absolute atomic E-state index is 12.3. The van der Waals surface area contributed by atoms with Crippen LogP contribution in [0.5, 0.6) is 0 Å². The normalized spacial score (nSPS) is 20.1. The minimum absolute atomic E-state index is 0.0501. The van der Waals surface area contributed by atoms with E-state index in [2.05, 4.69) is 10.6 Å². The summed E-state index contributed by atoms with van der Waals surface area (Å²) in [5, 5.41) is 5.99. The van der Waals surface area contributed by atoms with Crippen LogP contribution in [0.2, 0.25) is 0 Å². The molecule has 1 rings (SSSR count). The highest BCUT2D eigenvalue weighted by Crippen LogP contribution is 2.09. The summed E-state index contributed by atoms with van der Waals surface area (Å²) in [6.07, 6.45) is 0. The Morgan fingerprint density at radius 2 is 2.00 bits per heavy atom. The maximum atomic E-state index is 12.3. The monoisotopic (exact) mass is 285 g/mol. The Hall–Kier alpha value is -1.14. The number of ether oxygens (including phenoxy) is 1. The summed E-state index contributed by atoms with van der Waals surface area (Å²) in [5.41, 5.74) is -0.127. The van der Waals surface area contributed by atoms with Gasteiger partial charge < -0.3 is 20.3 Å². The fourth-order valence-electron chi connectivity index (χ4n) is 1.94. The number of rotatable bonds is 4. The Morgan fingerprint density at radius 3 is 2.55 bits per heavy atom. The molecule has 2 amide bonds. The number of nitrogens with zero attached hydrogens (tertiary/aromatic N) is 1. The zero-order chi connectivity index (χ0) is 15.3. The van der Waals surface area contributed by atoms with E-state index >= 15 is 0 Å². The minimum atomic E-state index is -0.527. The second-order valence-electron chi connectivity index (χ2n) is 6.44. The van der Waals surface area contributed by atoms with E-state index in [1.54, 1.807) is 4.90 Å². The molecule has 0 spiro atoms. The quantitative estimate of drug-likeness (QED) is 0.770. The number of amides is 2. The van der Waals surface area contributed by atoms with E-state index in [1.165, 1.54) is 0 Å². The molecule has 0 aromatic rings. The van der Waals surface area contributed by atoms with Crippen molar-refractivity contribution in [3.05, 3.63) is 0 Å². The van der Waals surface area contributed by atoms with Gasteiger partial charge in [-0.2, -0.15) is 0 Å². The standard InChI is InChI=1S/C14H27N3O3/c1-10(2)16-13(19)11-9-20-7-6-17(11)12(18)8-15-14(3,4)5/h10-11,15H,6-9H2,1-5H3,(H,16,19). The van der Waals surface area contributed by atoms with Crippen molar-refractivity contribution < 1.29 is 14.3 Å². The largest absolute Gasteiger partial charge is 0.377 e. The number of hydrogen-bond acceptors (Lipinski definition) is 4. The molecule has 6 heteroatoms. The van der Waals surface area contributed by atoms with Crippen LogP contribution in [0, 0.1) is 0 Å². The minimum Gasteiger partial charge on any atom is -0.377 e. The van der Waals surface area contributed by atoms with Gasteiger partial charge in [-0.1, -0.05) is 0 Å². The summed E-state index contributed by atoms with van der Waals surface area (Å²) in [6.45, 7) is 11.2. The van der Waals surface area contributed by atoms with Crippen LogP contribution in [0.3, 0.4) is 0 Å². The third-order valence-electron chi connectivity index (χ3n) is 2.95. The van der Waals surface area contributed by atoms with Crippen molar-refractivity contribution in [2.24, 2.45) is 0 Å². The summed E-state index contributed by atoms with van der Waals surface area (Å²) < 4.78 is 5.34. The molecule has 1 fully saturated rings. The predicted octanol–water partition coefficient (Wildman–Crippen LogP) is 0.127. The van der Waals surface area contributed by atoms with Gasteiger partial charge in [-0.15, -0.1) is 0 Å². The average Bonchev–Trinajstić information content (AvgIpc) is 2.34. The van der Waals surface area contributed by atoms with E-state index in [0.29, 0.717) is 13.2 Å². The van der Waals surface area contributed by atoms with Gasteiger partial charge in [0.1, 0.15) is 6.04 Å². The summed E-state index contributed by atoms with van der Waals surface area (Å²) in [6, 6.07) is -0.477. The van der Waals surface area contributed by atoms with E-state index in [0.717, 1.165) is 0 Å². The predicted molar refractivity (Wildman–Crippen MR) is 77.4 cm³/mol. The van der Waals surface area contributed by atoms with Gasteiger partial charge in [0, 0.05) is 18.1 Å². The number of carbonyl (C=O) groups excluding carboxylic acids is 2. The third-order valence-corrected chi connectivity index (χ3v) is 2.95. The lowest BCUT2D eigenvalue weighted by atomic mass is 10.1. The van der Waals surface area contributed by atoms with Gasteiger partial charge in [-0.05, 0) is 34.6 Å². The third kappa shape index (κ3) is 5.46. The molecule has 20 heavy (non-hydrogen) atoms. The van der Waals surface area contributed by atoms with E-state index in [1.807, 2.05) is 34.6 Å². The van der Waals surface area contributed by atoms with Crippen molar-refractivity contribution in [3.8, 4) is 0 Å².